The highest BCUT2D eigenvalue weighted by molar-refractivity contribution is 6.46. The second-order valence-electron chi connectivity index (χ2n) is 8.98. The number of Topliss-reactive ketones (excluding diaryl/α,β-unsaturated/α-hetero) is 1. The number of benzene rings is 2. The molecule has 2 aromatic carbocycles. The summed E-state index contributed by atoms with van der Waals surface area (Å²) in [6.07, 6.45) is 2.46. The van der Waals surface area contributed by atoms with Crippen LogP contribution in [0, 0.1) is 6.92 Å². The molecule has 1 saturated heterocycles. The predicted molar refractivity (Wildman–Crippen MR) is 143 cm³/mol. The zero-order valence-corrected chi connectivity index (χ0v) is 23.0. The van der Waals surface area contributed by atoms with Crippen LogP contribution in [0.3, 0.4) is 0 Å². The van der Waals surface area contributed by atoms with Crippen molar-refractivity contribution in [3.8, 4) is 23.0 Å². The van der Waals surface area contributed by atoms with Gasteiger partial charge in [0.05, 0.1) is 39.6 Å². The highest BCUT2D eigenvalue weighted by Gasteiger charge is 2.46. The van der Waals surface area contributed by atoms with E-state index in [0.717, 1.165) is 18.4 Å². The first-order chi connectivity index (χ1) is 18.3. The minimum atomic E-state index is -0.874. The maximum absolute atomic E-state index is 13.4. The molecule has 0 bridgehead atoms. The van der Waals surface area contributed by atoms with Crippen molar-refractivity contribution < 1.29 is 38.4 Å². The third kappa shape index (κ3) is 5.88. The van der Waals surface area contributed by atoms with E-state index in [0.29, 0.717) is 53.8 Å². The summed E-state index contributed by atoms with van der Waals surface area (Å²) in [5.74, 6) is 0.0971. The third-order valence-corrected chi connectivity index (χ3v) is 6.49. The van der Waals surface area contributed by atoms with Crippen LogP contribution < -0.4 is 18.9 Å². The standard InChI is InChI=1S/C29H37NO8/c1-7-8-14-38-21-11-10-19(15-18(21)2)26(31)24-25(30(12-9-13-34-3)29(33)27(24)32)20-16-22(35-4)28(37-6)23(17-20)36-5/h10-11,15-17,25,31H,7-9,12-14H2,1-6H3. The fraction of sp³-hybridized carbons (Fsp3) is 0.448. The van der Waals surface area contributed by atoms with Crippen molar-refractivity contribution in [2.24, 2.45) is 0 Å². The van der Waals surface area contributed by atoms with Gasteiger partial charge in [0, 0.05) is 25.8 Å². The predicted octanol–water partition coefficient (Wildman–Crippen LogP) is 4.66. The third-order valence-electron chi connectivity index (χ3n) is 6.49. The number of amides is 1. The lowest BCUT2D eigenvalue weighted by Gasteiger charge is -2.26. The quantitative estimate of drug-likeness (QED) is 0.174. The summed E-state index contributed by atoms with van der Waals surface area (Å²) in [5, 5.41) is 11.4. The summed E-state index contributed by atoms with van der Waals surface area (Å²) >= 11 is 0. The largest absolute Gasteiger partial charge is 0.507 e. The number of rotatable bonds is 13. The van der Waals surface area contributed by atoms with Gasteiger partial charge < -0.3 is 33.7 Å². The van der Waals surface area contributed by atoms with Crippen LogP contribution in [0.5, 0.6) is 23.0 Å². The smallest absolute Gasteiger partial charge is 0.295 e. The van der Waals surface area contributed by atoms with Gasteiger partial charge in [-0.2, -0.15) is 0 Å². The van der Waals surface area contributed by atoms with Crippen LogP contribution in [0.25, 0.3) is 5.76 Å². The van der Waals surface area contributed by atoms with Crippen LogP contribution >= 0.6 is 0 Å². The molecule has 1 fully saturated rings. The van der Waals surface area contributed by atoms with Crippen molar-refractivity contribution in [2.75, 3.05) is 48.2 Å². The summed E-state index contributed by atoms with van der Waals surface area (Å²) < 4.78 is 27.5. The van der Waals surface area contributed by atoms with Gasteiger partial charge in [0.15, 0.2) is 11.5 Å². The molecule has 1 amide bonds. The summed E-state index contributed by atoms with van der Waals surface area (Å²) in [6.45, 7) is 5.21. The number of carbonyl (C=O) groups excluding carboxylic acids is 2. The molecule has 0 aromatic heterocycles. The highest BCUT2D eigenvalue weighted by Crippen LogP contribution is 2.45. The molecule has 1 unspecified atom stereocenters. The first kappa shape index (κ1) is 28.8. The van der Waals surface area contributed by atoms with Gasteiger partial charge in [-0.05, 0) is 61.2 Å². The van der Waals surface area contributed by atoms with Crippen molar-refractivity contribution in [1.82, 2.24) is 4.90 Å². The molecule has 0 radical (unpaired) electrons. The molecular formula is C29H37NO8. The summed E-state index contributed by atoms with van der Waals surface area (Å²) in [5.41, 5.74) is 1.75. The van der Waals surface area contributed by atoms with Gasteiger partial charge in [0.2, 0.25) is 5.75 Å². The zero-order valence-electron chi connectivity index (χ0n) is 23.0. The van der Waals surface area contributed by atoms with Gasteiger partial charge in [0.25, 0.3) is 11.7 Å². The molecule has 206 valence electrons. The molecule has 2 aromatic rings. The molecule has 9 heteroatoms. The molecule has 0 spiro atoms. The monoisotopic (exact) mass is 527 g/mol. The van der Waals surface area contributed by atoms with E-state index in [9.17, 15) is 14.7 Å². The number of aliphatic hydroxyl groups excluding tert-OH is 1. The van der Waals surface area contributed by atoms with Crippen LogP contribution in [0.4, 0.5) is 0 Å². The molecule has 1 atom stereocenters. The SMILES string of the molecule is CCCCOc1ccc(C(O)=C2C(=O)C(=O)N(CCCOC)C2c2cc(OC)c(OC)c(OC)c2)cc1C. The minimum absolute atomic E-state index is 0.0132. The maximum atomic E-state index is 13.4. The lowest BCUT2D eigenvalue weighted by molar-refractivity contribution is -0.140. The van der Waals surface area contributed by atoms with Gasteiger partial charge in [-0.3, -0.25) is 9.59 Å². The second kappa shape index (κ2) is 13.2. The number of methoxy groups -OCH3 is 4. The van der Waals surface area contributed by atoms with Gasteiger partial charge in [-0.1, -0.05) is 13.3 Å². The number of hydrogen-bond acceptors (Lipinski definition) is 8. The van der Waals surface area contributed by atoms with Crippen molar-refractivity contribution in [1.29, 1.82) is 0 Å². The lowest BCUT2D eigenvalue weighted by Crippen LogP contribution is -2.31. The second-order valence-corrected chi connectivity index (χ2v) is 8.98. The van der Waals surface area contributed by atoms with E-state index in [2.05, 4.69) is 6.92 Å². The molecule has 9 nitrogen and oxygen atoms in total. The first-order valence-corrected chi connectivity index (χ1v) is 12.6. The Bertz CT molecular complexity index is 1160. The molecular weight excluding hydrogens is 490 g/mol. The van der Waals surface area contributed by atoms with E-state index in [1.807, 2.05) is 6.92 Å². The van der Waals surface area contributed by atoms with Crippen LogP contribution in [0.2, 0.25) is 0 Å². The molecule has 0 aliphatic carbocycles. The Morgan fingerprint density at radius 3 is 2.16 bits per heavy atom. The average Bonchev–Trinajstić information content (AvgIpc) is 3.17. The molecule has 3 rings (SSSR count). The van der Waals surface area contributed by atoms with Crippen LogP contribution in [0.1, 0.15) is 48.9 Å². The van der Waals surface area contributed by atoms with E-state index >= 15 is 0 Å². The van der Waals surface area contributed by atoms with Gasteiger partial charge in [0.1, 0.15) is 11.5 Å². The van der Waals surface area contributed by atoms with Crippen LogP contribution in [-0.2, 0) is 14.3 Å². The summed E-state index contributed by atoms with van der Waals surface area (Å²) in [4.78, 5) is 28.0. The van der Waals surface area contributed by atoms with Gasteiger partial charge in [-0.25, -0.2) is 0 Å². The Hall–Kier alpha value is -3.72. The number of likely N-dealkylation sites (tertiary alicyclic amines) is 1. The lowest BCUT2D eigenvalue weighted by atomic mass is 9.94. The van der Waals surface area contributed by atoms with Crippen molar-refractivity contribution in [2.45, 2.75) is 39.2 Å². The topological polar surface area (TPSA) is 104 Å². The van der Waals surface area contributed by atoms with Gasteiger partial charge in [-0.15, -0.1) is 0 Å². The Kier molecular flexibility index (Phi) is 10.0. The fourth-order valence-corrected chi connectivity index (χ4v) is 4.54. The number of aryl methyl sites for hydroxylation is 1. The van der Waals surface area contributed by atoms with Crippen molar-refractivity contribution >= 4 is 17.4 Å². The molecule has 38 heavy (non-hydrogen) atoms. The van der Waals surface area contributed by atoms with Crippen LogP contribution in [-0.4, -0.2) is 69.9 Å². The summed E-state index contributed by atoms with van der Waals surface area (Å²) in [7, 11) is 6.05. The average molecular weight is 528 g/mol. The van der Waals surface area contributed by atoms with Crippen molar-refractivity contribution in [3.63, 3.8) is 0 Å². The number of unbranched alkanes of at least 4 members (excludes halogenated alkanes) is 1. The van der Waals surface area contributed by atoms with E-state index < -0.39 is 17.7 Å². The number of ketones is 1. The van der Waals surface area contributed by atoms with Crippen molar-refractivity contribution in [3.05, 3.63) is 52.6 Å². The Morgan fingerprint density at radius 1 is 0.921 bits per heavy atom. The number of carbonyl (C=O) groups is 2. The van der Waals surface area contributed by atoms with Gasteiger partial charge >= 0.3 is 0 Å². The molecule has 1 N–H and O–H groups in total. The van der Waals surface area contributed by atoms with E-state index in [-0.39, 0.29) is 17.9 Å². The number of nitrogens with zero attached hydrogens (tertiary/aromatic N) is 1. The number of aliphatic hydroxyl groups is 1. The normalized spacial score (nSPS) is 16.6. The fourth-order valence-electron chi connectivity index (χ4n) is 4.54. The van der Waals surface area contributed by atoms with E-state index in [4.69, 9.17) is 23.7 Å². The van der Waals surface area contributed by atoms with Crippen LogP contribution in [0.15, 0.2) is 35.9 Å². The molecule has 1 aliphatic rings. The Labute approximate surface area is 223 Å². The number of ether oxygens (including phenoxy) is 5. The number of hydrogen-bond donors (Lipinski definition) is 1. The maximum Gasteiger partial charge on any atom is 0.295 e. The first-order valence-electron chi connectivity index (χ1n) is 12.6. The van der Waals surface area contributed by atoms with E-state index in [1.165, 1.54) is 26.2 Å². The molecule has 1 aliphatic heterocycles. The Morgan fingerprint density at radius 2 is 1.61 bits per heavy atom. The Balaban J connectivity index is 2.16. The molecule has 1 heterocycles. The zero-order chi connectivity index (χ0) is 27.8. The highest BCUT2D eigenvalue weighted by atomic mass is 16.5. The molecule has 0 saturated carbocycles. The summed E-state index contributed by atoms with van der Waals surface area (Å²) in [6, 6.07) is 7.70. The van der Waals surface area contributed by atoms with E-state index in [1.54, 1.807) is 37.4 Å². The minimum Gasteiger partial charge on any atom is -0.507 e.